The first kappa shape index (κ1) is 19.3. The van der Waals surface area contributed by atoms with Crippen molar-refractivity contribution in [3.05, 3.63) is 42.2 Å². The van der Waals surface area contributed by atoms with Gasteiger partial charge in [0.05, 0.1) is 30.0 Å². The maximum absolute atomic E-state index is 5.98. The molecule has 1 unspecified atom stereocenters. The van der Waals surface area contributed by atoms with Crippen LogP contribution in [0.4, 0.5) is 0 Å². The van der Waals surface area contributed by atoms with E-state index in [1.165, 1.54) is 4.70 Å². The number of rotatable bonds is 6. The van der Waals surface area contributed by atoms with Gasteiger partial charge in [-0.05, 0) is 31.2 Å². The van der Waals surface area contributed by atoms with Crippen LogP contribution < -0.4 is 5.32 Å². The summed E-state index contributed by atoms with van der Waals surface area (Å²) in [7, 11) is 0. The monoisotopic (exact) mass is 393 g/mol. The molecule has 0 radical (unpaired) electrons. The summed E-state index contributed by atoms with van der Waals surface area (Å²) in [5.41, 5.74) is 1.03. The zero-order valence-corrected chi connectivity index (χ0v) is 16.4. The molecule has 7 heteroatoms. The Kier molecular flexibility index (Phi) is 6.67. The smallest absolute Gasteiger partial charge is 0.163 e. The van der Waals surface area contributed by atoms with Crippen LogP contribution in [-0.2, 0) is 11.3 Å². The number of halogens is 1. The van der Waals surface area contributed by atoms with Gasteiger partial charge < -0.3 is 14.5 Å². The molecule has 1 aliphatic rings. The Morgan fingerprint density at radius 1 is 1.19 bits per heavy atom. The number of hydrogen-bond acceptors (Lipinski definition) is 6. The van der Waals surface area contributed by atoms with Crippen LogP contribution in [0, 0.1) is 0 Å². The third kappa shape index (κ3) is 4.45. The predicted octanol–water partition coefficient (Wildman–Crippen LogP) is 3.79. The van der Waals surface area contributed by atoms with Crippen molar-refractivity contribution in [3.63, 3.8) is 0 Å². The van der Waals surface area contributed by atoms with Crippen LogP contribution >= 0.6 is 23.7 Å². The van der Waals surface area contributed by atoms with Gasteiger partial charge in [-0.3, -0.25) is 4.90 Å². The summed E-state index contributed by atoms with van der Waals surface area (Å²) in [5.74, 6) is 1.79. The number of nitrogens with zero attached hydrogens (tertiary/aromatic N) is 2. The van der Waals surface area contributed by atoms with Gasteiger partial charge in [-0.25, -0.2) is 4.98 Å². The van der Waals surface area contributed by atoms with Crippen molar-refractivity contribution in [1.29, 1.82) is 0 Å². The number of hydrogen-bond donors (Lipinski definition) is 1. The number of benzene rings is 1. The van der Waals surface area contributed by atoms with Gasteiger partial charge in [0.2, 0.25) is 0 Å². The first-order valence-corrected chi connectivity index (χ1v) is 9.58. The normalized spacial score (nSPS) is 16.5. The van der Waals surface area contributed by atoms with E-state index in [2.05, 4.69) is 28.2 Å². The molecule has 1 N–H and O–H groups in total. The van der Waals surface area contributed by atoms with Crippen molar-refractivity contribution < 1.29 is 9.15 Å². The molecule has 5 nitrogen and oxygen atoms in total. The van der Waals surface area contributed by atoms with Crippen LogP contribution in [0.25, 0.3) is 21.0 Å². The third-order valence-corrected chi connectivity index (χ3v) is 5.63. The maximum atomic E-state index is 5.98. The van der Waals surface area contributed by atoms with E-state index < -0.39 is 0 Å². The molecule has 1 aliphatic heterocycles. The van der Waals surface area contributed by atoms with Crippen molar-refractivity contribution in [2.75, 3.05) is 32.8 Å². The summed E-state index contributed by atoms with van der Waals surface area (Å²) in [6.07, 6.45) is 0. The third-order valence-electron chi connectivity index (χ3n) is 4.57. The molecular formula is C19H24ClN3O2S. The van der Waals surface area contributed by atoms with Gasteiger partial charge in [0, 0.05) is 25.7 Å². The summed E-state index contributed by atoms with van der Waals surface area (Å²) >= 11 is 1.67. The lowest BCUT2D eigenvalue weighted by Crippen LogP contribution is -2.46. The largest absolute Gasteiger partial charge is 0.457 e. The van der Waals surface area contributed by atoms with Crippen molar-refractivity contribution >= 4 is 34.0 Å². The summed E-state index contributed by atoms with van der Waals surface area (Å²) in [5, 5.41) is 4.44. The van der Waals surface area contributed by atoms with E-state index in [0.29, 0.717) is 6.04 Å². The number of thiazole rings is 1. The summed E-state index contributed by atoms with van der Waals surface area (Å²) < 4.78 is 12.6. The van der Waals surface area contributed by atoms with E-state index in [-0.39, 0.29) is 12.4 Å². The molecule has 1 atom stereocenters. The second-order valence-electron chi connectivity index (χ2n) is 6.38. The van der Waals surface area contributed by atoms with E-state index in [4.69, 9.17) is 9.15 Å². The summed E-state index contributed by atoms with van der Waals surface area (Å²) in [6, 6.07) is 12.7. The number of ether oxygens (including phenoxy) is 1. The molecule has 0 bridgehead atoms. The van der Waals surface area contributed by atoms with Gasteiger partial charge in [-0.2, -0.15) is 0 Å². The van der Waals surface area contributed by atoms with Crippen LogP contribution in [0.2, 0.25) is 0 Å². The second-order valence-corrected chi connectivity index (χ2v) is 7.41. The highest BCUT2D eigenvalue weighted by atomic mass is 35.5. The lowest BCUT2D eigenvalue weighted by Gasteiger charge is -2.32. The molecule has 0 saturated carbocycles. The number of aromatic nitrogens is 1. The molecule has 1 aromatic carbocycles. The Bertz CT molecular complexity index is 796. The Morgan fingerprint density at radius 3 is 2.81 bits per heavy atom. The minimum absolute atomic E-state index is 0. The van der Waals surface area contributed by atoms with Gasteiger partial charge in [-0.1, -0.05) is 12.1 Å². The van der Waals surface area contributed by atoms with Crippen LogP contribution in [0.15, 0.2) is 40.8 Å². The van der Waals surface area contributed by atoms with E-state index in [1.54, 1.807) is 11.3 Å². The summed E-state index contributed by atoms with van der Waals surface area (Å²) in [4.78, 5) is 7.12. The van der Waals surface area contributed by atoms with Gasteiger partial charge in [0.1, 0.15) is 5.76 Å². The number of morpholine rings is 1. The number of para-hydroxylation sites is 1. The molecule has 1 saturated heterocycles. The number of fused-ring (bicyclic) bond motifs is 1. The molecule has 2 aromatic heterocycles. The van der Waals surface area contributed by atoms with E-state index in [9.17, 15) is 0 Å². The van der Waals surface area contributed by atoms with Crippen LogP contribution in [0.1, 0.15) is 12.7 Å². The molecule has 26 heavy (non-hydrogen) atoms. The lowest BCUT2D eigenvalue weighted by molar-refractivity contribution is 0.0203. The molecule has 1 fully saturated rings. The topological polar surface area (TPSA) is 50.5 Å². The fourth-order valence-corrected chi connectivity index (χ4v) is 4.04. The molecule has 140 valence electrons. The lowest BCUT2D eigenvalue weighted by atomic mass is 10.2. The first-order chi connectivity index (χ1) is 12.3. The van der Waals surface area contributed by atoms with Crippen molar-refractivity contribution in [2.24, 2.45) is 0 Å². The fraction of sp³-hybridized carbons (Fsp3) is 0.421. The molecule has 3 aromatic rings. The minimum atomic E-state index is 0. The van der Waals surface area contributed by atoms with Gasteiger partial charge in [0.15, 0.2) is 10.8 Å². The Labute approximate surface area is 163 Å². The minimum Gasteiger partial charge on any atom is -0.457 e. The Morgan fingerprint density at radius 2 is 2.00 bits per heavy atom. The van der Waals surface area contributed by atoms with Crippen LogP contribution in [0.3, 0.4) is 0 Å². The molecule has 0 aliphatic carbocycles. The van der Waals surface area contributed by atoms with Crippen LogP contribution in [0.5, 0.6) is 0 Å². The standard InChI is InChI=1S/C19H23N3O2S.ClH/c1-14(22-8-10-23-11-9-22)12-20-13-15-6-7-17(24-15)19-21-16-4-2-3-5-18(16)25-19;/h2-7,14,20H,8-13H2,1H3;1H. The van der Waals surface area contributed by atoms with E-state index in [0.717, 1.165) is 61.4 Å². The predicted molar refractivity (Wildman–Crippen MR) is 108 cm³/mol. The average Bonchev–Trinajstić information content (AvgIpc) is 3.29. The van der Waals surface area contributed by atoms with Crippen molar-refractivity contribution in [3.8, 4) is 10.8 Å². The van der Waals surface area contributed by atoms with Crippen molar-refractivity contribution in [2.45, 2.75) is 19.5 Å². The molecule has 3 heterocycles. The number of nitrogens with one attached hydrogen (secondary N) is 1. The van der Waals surface area contributed by atoms with Gasteiger partial charge in [-0.15, -0.1) is 23.7 Å². The SMILES string of the molecule is CC(CNCc1ccc(-c2nc3ccccc3s2)o1)N1CCOCC1.Cl. The van der Waals surface area contributed by atoms with E-state index in [1.807, 2.05) is 30.3 Å². The first-order valence-electron chi connectivity index (χ1n) is 8.77. The fourth-order valence-electron chi connectivity index (χ4n) is 3.12. The highest BCUT2D eigenvalue weighted by molar-refractivity contribution is 7.21. The molecule has 0 amide bonds. The summed E-state index contributed by atoms with van der Waals surface area (Å²) in [6.45, 7) is 7.66. The highest BCUT2D eigenvalue weighted by Crippen LogP contribution is 2.31. The van der Waals surface area contributed by atoms with E-state index >= 15 is 0 Å². The quantitative estimate of drug-likeness (QED) is 0.690. The zero-order chi connectivity index (χ0) is 17.1. The molecule has 4 rings (SSSR count). The van der Waals surface area contributed by atoms with Crippen molar-refractivity contribution in [1.82, 2.24) is 15.2 Å². The Balaban J connectivity index is 0.00000196. The van der Waals surface area contributed by atoms with Crippen LogP contribution in [-0.4, -0.2) is 48.8 Å². The second kappa shape index (κ2) is 8.97. The zero-order valence-electron chi connectivity index (χ0n) is 14.8. The molecular weight excluding hydrogens is 370 g/mol. The maximum Gasteiger partial charge on any atom is 0.163 e. The van der Waals surface area contributed by atoms with Gasteiger partial charge in [0.25, 0.3) is 0 Å². The molecule has 0 spiro atoms. The number of furan rings is 1. The highest BCUT2D eigenvalue weighted by Gasteiger charge is 2.16. The van der Waals surface area contributed by atoms with Gasteiger partial charge >= 0.3 is 0 Å². The Hall–Kier alpha value is -1.44. The average molecular weight is 394 g/mol.